The first-order valence-corrected chi connectivity index (χ1v) is 8.57. The number of carboxylic acid groups (broad SMARTS) is 1. The van der Waals surface area contributed by atoms with Crippen LogP contribution in [0.1, 0.15) is 17.0 Å². The monoisotopic (exact) mass is 374 g/mol. The first-order chi connectivity index (χ1) is 12.5. The molecule has 0 radical (unpaired) electrons. The smallest absolute Gasteiger partial charge is 0.410 e. The Morgan fingerprint density at radius 2 is 1.92 bits per heavy atom. The fraction of sp³-hybridized carbons (Fsp3) is 0.263. The SMILES string of the molecule is Nc1cc([C@@H]2CN(C(=O)OCc3ccccc3)C[C@H]2C(=O)O)ccc1Cl. The lowest BCUT2D eigenvalue weighted by molar-refractivity contribution is -0.141. The van der Waals surface area contributed by atoms with Crippen LogP contribution >= 0.6 is 11.6 Å². The van der Waals surface area contributed by atoms with Gasteiger partial charge in [-0.2, -0.15) is 0 Å². The van der Waals surface area contributed by atoms with Gasteiger partial charge >= 0.3 is 12.1 Å². The molecule has 1 amide bonds. The van der Waals surface area contributed by atoms with E-state index in [1.165, 1.54) is 4.90 Å². The van der Waals surface area contributed by atoms with Crippen LogP contribution in [0.5, 0.6) is 0 Å². The van der Waals surface area contributed by atoms with Crippen molar-refractivity contribution in [1.82, 2.24) is 4.90 Å². The van der Waals surface area contributed by atoms with E-state index < -0.39 is 18.0 Å². The Labute approximate surface area is 156 Å². The molecule has 2 aromatic rings. The summed E-state index contributed by atoms with van der Waals surface area (Å²) in [6, 6.07) is 14.4. The summed E-state index contributed by atoms with van der Waals surface area (Å²) < 4.78 is 5.32. The molecule has 3 N–H and O–H groups in total. The highest BCUT2D eigenvalue weighted by molar-refractivity contribution is 6.33. The molecule has 136 valence electrons. The van der Waals surface area contributed by atoms with Crippen LogP contribution in [0.3, 0.4) is 0 Å². The standard InChI is InChI=1S/C19H19ClN2O4/c20-16-7-6-13(8-17(16)21)14-9-22(10-15(14)18(23)24)19(25)26-11-12-4-2-1-3-5-12/h1-8,14-15H,9-11,21H2,(H,23,24)/t14-,15+/m0/s1. The van der Waals surface area contributed by atoms with Crippen LogP contribution < -0.4 is 5.73 Å². The number of likely N-dealkylation sites (tertiary alicyclic amines) is 1. The first-order valence-electron chi connectivity index (χ1n) is 8.19. The number of benzene rings is 2. The number of nitrogens with zero attached hydrogens (tertiary/aromatic N) is 1. The molecule has 1 aliphatic heterocycles. The molecule has 26 heavy (non-hydrogen) atoms. The van der Waals surface area contributed by atoms with Crippen LogP contribution in [0.25, 0.3) is 0 Å². The van der Waals surface area contributed by atoms with Gasteiger partial charge in [-0.1, -0.05) is 48.0 Å². The van der Waals surface area contributed by atoms with Gasteiger partial charge in [-0.25, -0.2) is 4.79 Å². The van der Waals surface area contributed by atoms with E-state index in [0.29, 0.717) is 10.7 Å². The minimum atomic E-state index is -0.957. The van der Waals surface area contributed by atoms with Crippen LogP contribution in [0.2, 0.25) is 5.02 Å². The Bertz CT molecular complexity index is 812. The number of hydrogen-bond donors (Lipinski definition) is 2. The molecule has 0 saturated carbocycles. The third-order valence-corrected chi connectivity index (χ3v) is 4.89. The highest BCUT2D eigenvalue weighted by atomic mass is 35.5. The van der Waals surface area contributed by atoms with E-state index in [0.717, 1.165) is 11.1 Å². The van der Waals surface area contributed by atoms with E-state index in [1.807, 2.05) is 30.3 Å². The average Bonchev–Trinajstić information content (AvgIpc) is 3.09. The van der Waals surface area contributed by atoms with Gasteiger partial charge in [0, 0.05) is 19.0 Å². The molecular weight excluding hydrogens is 356 g/mol. The molecule has 0 bridgehead atoms. The molecule has 0 aliphatic carbocycles. The quantitative estimate of drug-likeness (QED) is 0.800. The topological polar surface area (TPSA) is 92.9 Å². The van der Waals surface area contributed by atoms with Gasteiger partial charge in [0.15, 0.2) is 0 Å². The van der Waals surface area contributed by atoms with Gasteiger partial charge in [0.2, 0.25) is 0 Å². The number of halogens is 1. The number of nitrogen functional groups attached to an aromatic ring is 1. The Morgan fingerprint density at radius 1 is 1.19 bits per heavy atom. The third-order valence-electron chi connectivity index (χ3n) is 4.55. The van der Waals surface area contributed by atoms with Gasteiger partial charge < -0.3 is 20.5 Å². The van der Waals surface area contributed by atoms with Crippen molar-refractivity contribution in [3.63, 3.8) is 0 Å². The Kier molecular flexibility index (Phi) is 5.32. The largest absolute Gasteiger partial charge is 0.481 e. The van der Waals surface area contributed by atoms with Crippen LogP contribution in [0, 0.1) is 5.92 Å². The van der Waals surface area contributed by atoms with Gasteiger partial charge in [0.1, 0.15) is 6.61 Å². The number of amides is 1. The molecule has 7 heteroatoms. The van der Waals surface area contributed by atoms with Crippen LogP contribution in [0.15, 0.2) is 48.5 Å². The van der Waals surface area contributed by atoms with Crippen molar-refractivity contribution in [2.75, 3.05) is 18.8 Å². The summed E-state index contributed by atoms with van der Waals surface area (Å²) in [5.41, 5.74) is 7.84. The van der Waals surface area contributed by atoms with Crippen molar-refractivity contribution in [1.29, 1.82) is 0 Å². The van der Waals surface area contributed by atoms with E-state index in [2.05, 4.69) is 0 Å². The lowest BCUT2D eigenvalue weighted by atomic mass is 9.89. The minimum Gasteiger partial charge on any atom is -0.481 e. The van der Waals surface area contributed by atoms with Crippen molar-refractivity contribution in [2.45, 2.75) is 12.5 Å². The molecule has 1 fully saturated rings. The summed E-state index contributed by atoms with van der Waals surface area (Å²) >= 11 is 5.94. The Balaban J connectivity index is 1.71. The van der Waals surface area contributed by atoms with E-state index in [1.54, 1.807) is 18.2 Å². The first kappa shape index (κ1) is 18.1. The molecule has 1 saturated heterocycles. The van der Waals surface area contributed by atoms with Crippen molar-refractivity contribution >= 4 is 29.4 Å². The lowest BCUT2D eigenvalue weighted by Crippen LogP contribution is -2.30. The van der Waals surface area contributed by atoms with Crippen molar-refractivity contribution < 1.29 is 19.4 Å². The predicted molar refractivity (Wildman–Crippen MR) is 97.9 cm³/mol. The number of carbonyl (C=O) groups excluding carboxylic acids is 1. The zero-order valence-electron chi connectivity index (χ0n) is 14.0. The van der Waals surface area contributed by atoms with Gasteiger partial charge in [-0.15, -0.1) is 0 Å². The fourth-order valence-corrected chi connectivity index (χ4v) is 3.26. The predicted octanol–water partition coefficient (Wildman–Crippen LogP) is 3.36. The summed E-state index contributed by atoms with van der Waals surface area (Å²) in [4.78, 5) is 25.4. The number of rotatable bonds is 4. The number of carbonyl (C=O) groups is 2. The van der Waals surface area contributed by atoms with Crippen LogP contribution in [-0.4, -0.2) is 35.2 Å². The second kappa shape index (κ2) is 7.66. The van der Waals surface area contributed by atoms with E-state index in [4.69, 9.17) is 22.1 Å². The van der Waals surface area contributed by atoms with Crippen molar-refractivity contribution in [3.8, 4) is 0 Å². The van der Waals surface area contributed by atoms with E-state index in [9.17, 15) is 14.7 Å². The summed E-state index contributed by atoms with van der Waals surface area (Å²) in [6.07, 6.45) is -0.524. The van der Waals surface area contributed by atoms with Crippen molar-refractivity contribution in [3.05, 3.63) is 64.7 Å². The number of ether oxygens (including phenoxy) is 1. The molecule has 2 aromatic carbocycles. The second-order valence-electron chi connectivity index (χ2n) is 6.28. The molecule has 3 rings (SSSR count). The summed E-state index contributed by atoms with van der Waals surface area (Å²) in [6.45, 7) is 0.494. The van der Waals surface area contributed by atoms with Crippen molar-refractivity contribution in [2.24, 2.45) is 5.92 Å². The molecule has 2 atom stereocenters. The zero-order chi connectivity index (χ0) is 18.7. The third kappa shape index (κ3) is 3.91. The lowest BCUT2D eigenvalue weighted by Gasteiger charge is -2.17. The Morgan fingerprint density at radius 3 is 2.58 bits per heavy atom. The molecule has 0 spiro atoms. The maximum Gasteiger partial charge on any atom is 0.410 e. The van der Waals surface area contributed by atoms with Crippen LogP contribution in [0.4, 0.5) is 10.5 Å². The maximum absolute atomic E-state index is 12.3. The number of hydrogen-bond acceptors (Lipinski definition) is 4. The molecule has 0 unspecified atom stereocenters. The van der Waals surface area contributed by atoms with E-state index in [-0.39, 0.29) is 25.6 Å². The maximum atomic E-state index is 12.3. The molecule has 0 aromatic heterocycles. The van der Waals surface area contributed by atoms with Crippen LogP contribution in [-0.2, 0) is 16.1 Å². The molecule has 6 nitrogen and oxygen atoms in total. The molecular formula is C19H19ClN2O4. The summed E-state index contributed by atoms with van der Waals surface area (Å²) in [5, 5.41) is 9.95. The summed E-state index contributed by atoms with van der Waals surface area (Å²) in [7, 11) is 0. The molecule has 1 aliphatic rings. The summed E-state index contributed by atoms with van der Waals surface area (Å²) in [5.74, 6) is -2.04. The highest BCUT2D eigenvalue weighted by Gasteiger charge is 2.41. The second-order valence-corrected chi connectivity index (χ2v) is 6.68. The normalized spacial score (nSPS) is 19.3. The van der Waals surface area contributed by atoms with Gasteiger partial charge in [-0.3, -0.25) is 4.79 Å². The van der Waals surface area contributed by atoms with Gasteiger partial charge in [-0.05, 0) is 23.3 Å². The van der Waals surface area contributed by atoms with Gasteiger partial charge in [0.05, 0.1) is 16.6 Å². The number of anilines is 1. The fourth-order valence-electron chi connectivity index (χ4n) is 3.14. The number of carboxylic acids is 1. The minimum absolute atomic E-state index is 0.0934. The Hall–Kier alpha value is -2.73. The highest BCUT2D eigenvalue weighted by Crippen LogP contribution is 2.35. The number of nitrogens with two attached hydrogens (primary N) is 1. The number of aliphatic carboxylic acids is 1. The van der Waals surface area contributed by atoms with E-state index >= 15 is 0 Å². The zero-order valence-corrected chi connectivity index (χ0v) is 14.7. The average molecular weight is 375 g/mol. The molecule has 1 heterocycles. The van der Waals surface area contributed by atoms with Gasteiger partial charge in [0.25, 0.3) is 0 Å².